The summed E-state index contributed by atoms with van der Waals surface area (Å²) in [5.41, 5.74) is 1.14. The van der Waals surface area contributed by atoms with Crippen molar-refractivity contribution in [2.45, 2.75) is 27.2 Å². The van der Waals surface area contributed by atoms with Crippen molar-refractivity contribution in [1.29, 1.82) is 0 Å². The Morgan fingerprint density at radius 2 is 1.66 bits per heavy atom. The lowest BCUT2D eigenvalue weighted by Crippen LogP contribution is -2.34. The molecule has 0 atom stereocenters. The number of methoxy groups -OCH3 is 1. The summed E-state index contributed by atoms with van der Waals surface area (Å²) in [5, 5.41) is 5.72. The highest BCUT2D eigenvalue weighted by Crippen LogP contribution is 2.39. The minimum atomic E-state index is -0.616. The number of amides is 1. The molecular weight excluding hydrogens is 456 g/mol. The number of hydrogen-bond donors (Lipinski definition) is 2. The number of nitrogens with one attached hydrogen (secondary N) is 2. The molecule has 1 aromatic heterocycles. The molecule has 2 rings (SSSR count). The number of benzene rings is 1. The van der Waals surface area contributed by atoms with Crippen molar-refractivity contribution in [3.05, 3.63) is 46.5 Å². The molecular formula is C21H22N2O7S2. The lowest BCUT2D eigenvalue weighted by Gasteiger charge is -2.10. The molecule has 0 saturated carbocycles. The Morgan fingerprint density at radius 3 is 2.22 bits per heavy atom. The third kappa shape index (κ3) is 6.11. The van der Waals surface area contributed by atoms with Crippen LogP contribution in [0.5, 0.6) is 5.06 Å². The summed E-state index contributed by atoms with van der Waals surface area (Å²) in [6, 6.07) is 5.80. The van der Waals surface area contributed by atoms with Crippen LogP contribution in [-0.2, 0) is 14.3 Å². The number of carbonyl (C=O) groups is 4. The molecule has 0 aliphatic heterocycles. The van der Waals surface area contributed by atoms with Crippen LogP contribution >= 0.6 is 23.6 Å². The van der Waals surface area contributed by atoms with Crippen LogP contribution in [0.25, 0.3) is 0 Å². The second-order valence-electron chi connectivity index (χ2n) is 6.24. The van der Waals surface area contributed by atoms with E-state index in [4.69, 9.17) is 21.7 Å². The van der Waals surface area contributed by atoms with Gasteiger partial charge < -0.3 is 19.5 Å². The van der Waals surface area contributed by atoms with E-state index in [-0.39, 0.29) is 39.3 Å². The smallest absolute Gasteiger partial charge is 0.341 e. The third-order valence-electron chi connectivity index (χ3n) is 4.10. The maximum absolute atomic E-state index is 12.5. The largest absolute Gasteiger partial charge is 0.465 e. The Hall–Kier alpha value is -3.31. The number of thiophene rings is 1. The molecule has 1 amide bonds. The van der Waals surface area contributed by atoms with Gasteiger partial charge in [-0.15, -0.1) is 0 Å². The van der Waals surface area contributed by atoms with Crippen LogP contribution in [0.2, 0.25) is 0 Å². The normalized spacial score (nSPS) is 10.1. The van der Waals surface area contributed by atoms with E-state index in [1.807, 2.05) is 0 Å². The average molecular weight is 479 g/mol. The summed E-state index contributed by atoms with van der Waals surface area (Å²) in [7, 11) is 1.26. The SMILES string of the molecule is CCOC(=O)c1c(NC(=S)NC(=O)c2ccc(C(=O)OC)cc2)sc(OC(=O)CC)c1C. The summed E-state index contributed by atoms with van der Waals surface area (Å²) >= 11 is 6.20. The number of thiocarbonyl (C=S) groups is 1. The number of esters is 3. The van der Waals surface area contributed by atoms with E-state index in [0.717, 1.165) is 11.3 Å². The van der Waals surface area contributed by atoms with Gasteiger partial charge in [0.1, 0.15) is 10.6 Å². The van der Waals surface area contributed by atoms with E-state index < -0.39 is 23.8 Å². The number of rotatable bonds is 7. The lowest BCUT2D eigenvalue weighted by molar-refractivity contribution is -0.133. The van der Waals surface area contributed by atoms with Gasteiger partial charge in [-0.2, -0.15) is 0 Å². The van der Waals surface area contributed by atoms with Gasteiger partial charge in [0, 0.05) is 17.5 Å². The lowest BCUT2D eigenvalue weighted by atomic mass is 10.1. The summed E-state index contributed by atoms with van der Waals surface area (Å²) in [6.45, 7) is 5.09. The second kappa shape index (κ2) is 11.3. The van der Waals surface area contributed by atoms with Crippen molar-refractivity contribution in [3.63, 3.8) is 0 Å². The van der Waals surface area contributed by atoms with Gasteiger partial charge >= 0.3 is 17.9 Å². The van der Waals surface area contributed by atoms with Crippen molar-refractivity contribution in [2.75, 3.05) is 19.0 Å². The van der Waals surface area contributed by atoms with E-state index in [0.29, 0.717) is 11.1 Å². The Morgan fingerprint density at radius 1 is 1.03 bits per heavy atom. The van der Waals surface area contributed by atoms with Gasteiger partial charge in [0.25, 0.3) is 5.91 Å². The highest BCUT2D eigenvalue weighted by atomic mass is 32.1. The molecule has 170 valence electrons. The van der Waals surface area contributed by atoms with Crippen LogP contribution in [-0.4, -0.2) is 42.6 Å². The van der Waals surface area contributed by atoms with Crippen LogP contribution in [0.3, 0.4) is 0 Å². The minimum absolute atomic E-state index is 0.0767. The third-order valence-corrected chi connectivity index (χ3v) is 5.39. The number of hydrogen-bond acceptors (Lipinski definition) is 9. The fourth-order valence-corrected chi connectivity index (χ4v) is 3.81. The van der Waals surface area contributed by atoms with Gasteiger partial charge in [-0.3, -0.25) is 14.9 Å². The molecule has 0 fully saturated rings. The van der Waals surface area contributed by atoms with Gasteiger partial charge in [-0.1, -0.05) is 18.3 Å². The Balaban J connectivity index is 2.19. The topological polar surface area (TPSA) is 120 Å². The standard InChI is InChI=1S/C21H22N2O7S2/c1-5-14(24)30-20-11(3)15(19(27)29-6-2)17(32-20)23-21(31)22-16(25)12-7-9-13(10-8-12)18(26)28-4/h7-10H,5-6H2,1-4H3,(H2,22,23,25,31). The zero-order valence-electron chi connectivity index (χ0n) is 17.9. The number of ether oxygens (including phenoxy) is 3. The first-order valence-electron chi connectivity index (χ1n) is 9.53. The second-order valence-corrected chi connectivity index (χ2v) is 7.64. The fraction of sp³-hybridized carbons (Fsp3) is 0.286. The van der Waals surface area contributed by atoms with Crippen molar-refractivity contribution >= 4 is 57.5 Å². The van der Waals surface area contributed by atoms with Crippen molar-refractivity contribution in [1.82, 2.24) is 5.32 Å². The summed E-state index contributed by atoms with van der Waals surface area (Å²) in [5.74, 6) is -2.12. The molecule has 0 unspecified atom stereocenters. The predicted octanol–water partition coefficient (Wildman–Crippen LogP) is 3.46. The van der Waals surface area contributed by atoms with Gasteiger partial charge in [0.05, 0.1) is 19.3 Å². The highest BCUT2D eigenvalue weighted by molar-refractivity contribution is 7.80. The fourth-order valence-electron chi connectivity index (χ4n) is 2.49. The zero-order valence-corrected chi connectivity index (χ0v) is 19.5. The minimum Gasteiger partial charge on any atom is -0.465 e. The van der Waals surface area contributed by atoms with E-state index in [9.17, 15) is 19.2 Å². The first-order valence-corrected chi connectivity index (χ1v) is 10.8. The Bertz CT molecular complexity index is 1050. The van der Waals surface area contributed by atoms with Gasteiger partial charge in [0.15, 0.2) is 10.2 Å². The molecule has 0 radical (unpaired) electrons. The molecule has 2 N–H and O–H groups in total. The van der Waals surface area contributed by atoms with E-state index >= 15 is 0 Å². The molecule has 2 aromatic rings. The van der Waals surface area contributed by atoms with Crippen LogP contribution in [0.4, 0.5) is 5.00 Å². The first-order chi connectivity index (χ1) is 15.2. The molecule has 1 aromatic carbocycles. The Labute approximate surface area is 194 Å². The molecule has 1 heterocycles. The summed E-state index contributed by atoms with van der Waals surface area (Å²) in [6.07, 6.45) is 0.165. The predicted molar refractivity (Wildman–Crippen MR) is 122 cm³/mol. The van der Waals surface area contributed by atoms with Crippen molar-refractivity contribution in [2.24, 2.45) is 0 Å². The molecule has 9 nitrogen and oxygen atoms in total. The van der Waals surface area contributed by atoms with Crippen LogP contribution in [0.15, 0.2) is 24.3 Å². The van der Waals surface area contributed by atoms with Crippen molar-refractivity contribution < 1.29 is 33.4 Å². The quantitative estimate of drug-likeness (QED) is 0.455. The van der Waals surface area contributed by atoms with E-state index in [1.54, 1.807) is 20.8 Å². The van der Waals surface area contributed by atoms with E-state index in [1.165, 1.54) is 31.4 Å². The highest BCUT2D eigenvalue weighted by Gasteiger charge is 2.25. The summed E-state index contributed by atoms with van der Waals surface area (Å²) in [4.78, 5) is 48.1. The molecule has 0 spiro atoms. The summed E-state index contributed by atoms with van der Waals surface area (Å²) < 4.78 is 15.0. The molecule has 11 heteroatoms. The maximum Gasteiger partial charge on any atom is 0.341 e. The molecule has 32 heavy (non-hydrogen) atoms. The Kier molecular flexibility index (Phi) is 8.85. The van der Waals surface area contributed by atoms with Gasteiger partial charge in [-0.05, 0) is 50.3 Å². The molecule has 0 bridgehead atoms. The molecule has 0 aliphatic carbocycles. The van der Waals surface area contributed by atoms with Crippen molar-refractivity contribution in [3.8, 4) is 5.06 Å². The maximum atomic E-state index is 12.5. The molecule has 0 saturated heterocycles. The van der Waals surface area contributed by atoms with Crippen LogP contribution in [0.1, 0.15) is 56.9 Å². The van der Waals surface area contributed by atoms with Gasteiger partial charge in [-0.25, -0.2) is 9.59 Å². The monoisotopic (exact) mass is 478 g/mol. The molecule has 0 aliphatic rings. The number of anilines is 1. The first kappa shape index (κ1) is 25.0. The van der Waals surface area contributed by atoms with Gasteiger partial charge in [0.2, 0.25) is 0 Å². The van der Waals surface area contributed by atoms with Crippen LogP contribution < -0.4 is 15.4 Å². The zero-order chi connectivity index (χ0) is 23.8. The van der Waals surface area contributed by atoms with E-state index in [2.05, 4.69) is 15.4 Å². The average Bonchev–Trinajstić information content (AvgIpc) is 3.07. The van der Waals surface area contributed by atoms with Crippen LogP contribution in [0, 0.1) is 6.92 Å². The number of carbonyl (C=O) groups excluding carboxylic acids is 4.